The van der Waals surface area contributed by atoms with E-state index in [-0.39, 0.29) is 30.0 Å². The molecule has 1 aromatic carbocycles. The Morgan fingerprint density at radius 3 is 2.65 bits per heavy atom. The molecule has 2 bridgehead atoms. The van der Waals surface area contributed by atoms with Crippen molar-refractivity contribution in [2.45, 2.75) is 36.8 Å². The Balaban J connectivity index is 1.80. The number of halogens is 3. The second-order valence-corrected chi connectivity index (χ2v) is 9.84. The molecule has 0 aromatic heterocycles. The van der Waals surface area contributed by atoms with Crippen LogP contribution >= 0.6 is 0 Å². The predicted octanol–water partition coefficient (Wildman–Crippen LogP) is 2.50. The van der Waals surface area contributed by atoms with E-state index in [0.29, 0.717) is 12.8 Å². The largest absolute Gasteiger partial charge is 0.417 e. The second-order valence-electron chi connectivity index (χ2n) is 7.57. The van der Waals surface area contributed by atoms with Crippen molar-refractivity contribution in [1.29, 1.82) is 5.26 Å². The van der Waals surface area contributed by atoms with Crippen LogP contribution in [0.4, 0.5) is 18.9 Å². The smallest absolute Gasteiger partial charge is 0.393 e. The van der Waals surface area contributed by atoms with Crippen LogP contribution in [0.3, 0.4) is 0 Å². The van der Waals surface area contributed by atoms with Gasteiger partial charge in [0.15, 0.2) is 0 Å². The third-order valence-electron chi connectivity index (χ3n) is 6.57. The fourth-order valence-electron chi connectivity index (χ4n) is 5.17. The van der Waals surface area contributed by atoms with Crippen molar-refractivity contribution < 1.29 is 26.7 Å². The van der Waals surface area contributed by atoms with Gasteiger partial charge >= 0.3 is 6.18 Å². The zero-order valence-electron chi connectivity index (χ0n) is 13.9. The highest BCUT2D eigenvalue weighted by Gasteiger charge is 2.70. The number of nitriles is 1. The van der Waals surface area contributed by atoms with Crippen LogP contribution < -0.4 is 4.31 Å². The Labute approximate surface area is 149 Å². The Morgan fingerprint density at radius 1 is 1.35 bits per heavy atom. The molecule has 0 unspecified atom stereocenters. The molecule has 9 heteroatoms. The molecular formula is C17H17F3N2O3S. The van der Waals surface area contributed by atoms with E-state index in [2.05, 4.69) is 0 Å². The van der Waals surface area contributed by atoms with E-state index in [1.165, 1.54) is 12.1 Å². The van der Waals surface area contributed by atoms with E-state index >= 15 is 0 Å². The number of anilines is 1. The van der Waals surface area contributed by atoms with E-state index < -0.39 is 38.2 Å². The zero-order chi connectivity index (χ0) is 19.1. The minimum Gasteiger partial charge on any atom is -0.393 e. The highest BCUT2D eigenvalue weighted by molar-refractivity contribution is 7.94. The molecule has 26 heavy (non-hydrogen) atoms. The normalized spacial score (nSPS) is 37.6. The first kappa shape index (κ1) is 17.6. The molecule has 2 saturated carbocycles. The molecule has 140 valence electrons. The first-order valence-corrected chi connectivity index (χ1v) is 9.77. The van der Waals surface area contributed by atoms with Crippen LogP contribution in [0.5, 0.6) is 0 Å². The van der Waals surface area contributed by atoms with E-state index in [4.69, 9.17) is 5.26 Å². The van der Waals surface area contributed by atoms with Crippen molar-refractivity contribution in [2.75, 3.05) is 10.8 Å². The number of fused-ring (bicyclic) bond motifs is 5. The van der Waals surface area contributed by atoms with E-state index in [0.717, 1.165) is 16.4 Å². The van der Waals surface area contributed by atoms with Gasteiger partial charge in [0.25, 0.3) is 0 Å². The van der Waals surface area contributed by atoms with Crippen molar-refractivity contribution in [3.63, 3.8) is 0 Å². The Kier molecular flexibility index (Phi) is 3.48. The lowest BCUT2D eigenvalue weighted by Crippen LogP contribution is -2.47. The summed E-state index contributed by atoms with van der Waals surface area (Å²) >= 11 is 0. The van der Waals surface area contributed by atoms with Crippen LogP contribution in [0, 0.1) is 29.1 Å². The molecule has 0 spiro atoms. The van der Waals surface area contributed by atoms with Gasteiger partial charge in [0.2, 0.25) is 10.0 Å². The molecule has 0 amide bonds. The highest BCUT2D eigenvalue weighted by Crippen LogP contribution is 2.62. The second kappa shape index (κ2) is 5.14. The number of benzene rings is 1. The van der Waals surface area contributed by atoms with Gasteiger partial charge in [-0.1, -0.05) is 0 Å². The predicted molar refractivity (Wildman–Crippen MR) is 86.5 cm³/mol. The number of nitrogens with zero attached hydrogens (tertiary/aromatic N) is 2. The molecule has 5 atom stereocenters. The lowest BCUT2D eigenvalue weighted by Gasteiger charge is -2.35. The summed E-state index contributed by atoms with van der Waals surface area (Å²) in [6, 6.07) is 4.48. The highest BCUT2D eigenvalue weighted by atomic mass is 32.2. The van der Waals surface area contributed by atoms with Crippen LogP contribution in [0.2, 0.25) is 0 Å². The standard InChI is InChI=1S/C17H17F3N2O3S/c1-16-10-4-12(15(23)5-10)14(16)8-22(26(16,24)25)11-3-2-9(7-21)13(6-11)17(18,19)20/h2-3,6,10,12,14-15,23H,4-5,8H2,1H3/t10-,12-,14-,15+,16+/m0/s1. The average molecular weight is 386 g/mol. The Hall–Kier alpha value is -1.79. The van der Waals surface area contributed by atoms with Gasteiger partial charge in [-0.2, -0.15) is 18.4 Å². The number of sulfonamides is 1. The number of hydrogen-bond donors (Lipinski definition) is 1. The summed E-state index contributed by atoms with van der Waals surface area (Å²) in [5.74, 6) is -0.653. The van der Waals surface area contributed by atoms with Crippen molar-refractivity contribution in [1.82, 2.24) is 0 Å². The van der Waals surface area contributed by atoms with Crippen molar-refractivity contribution in [3.8, 4) is 6.07 Å². The minimum atomic E-state index is -4.75. The number of rotatable bonds is 1. The molecule has 3 fully saturated rings. The summed E-state index contributed by atoms with van der Waals surface area (Å²) in [5, 5.41) is 19.0. The van der Waals surface area contributed by atoms with Crippen molar-refractivity contribution in [2.24, 2.45) is 17.8 Å². The Bertz CT molecular complexity index is 924. The number of aliphatic hydroxyl groups is 1. The van der Waals surface area contributed by atoms with Crippen LogP contribution in [0.1, 0.15) is 30.9 Å². The first-order chi connectivity index (χ1) is 12.0. The third-order valence-corrected chi connectivity index (χ3v) is 9.25. The molecule has 1 aromatic rings. The van der Waals surface area contributed by atoms with Gasteiger partial charge in [0.1, 0.15) is 0 Å². The van der Waals surface area contributed by atoms with Gasteiger partial charge < -0.3 is 5.11 Å². The molecule has 4 rings (SSSR count). The summed E-state index contributed by atoms with van der Waals surface area (Å²) in [4.78, 5) is 0. The maximum absolute atomic E-state index is 13.2. The maximum atomic E-state index is 13.2. The molecule has 1 saturated heterocycles. The molecule has 5 nitrogen and oxygen atoms in total. The quantitative estimate of drug-likeness (QED) is 0.804. The molecule has 1 N–H and O–H groups in total. The summed E-state index contributed by atoms with van der Waals surface area (Å²) in [6.45, 7) is 1.71. The van der Waals surface area contributed by atoms with Crippen molar-refractivity contribution >= 4 is 15.7 Å². The molecule has 1 aliphatic heterocycles. The lowest BCUT2D eigenvalue weighted by atomic mass is 9.78. The van der Waals surface area contributed by atoms with Crippen molar-refractivity contribution in [3.05, 3.63) is 29.3 Å². The van der Waals surface area contributed by atoms with E-state index in [1.807, 2.05) is 0 Å². The van der Waals surface area contributed by atoms with E-state index in [9.17, 15) is 26.7 Å². The minimum absolute atomic E-state index is 0.0558. The van der Waals surface area contributed by atoms with Gasteiger partial charge in [0.05, 0.1) is 33.7 Å². The summed E-state index contributed by atoms with van der Waals surface area (Å²) in [6.07, 6.45) is -4.26. The molecule has 2 aliphatic carbocycles. The monoisotopic (exact) mass is 386 g/mol. The fourth-order valence-corrected chi connectivity index (χ4v) is 7.64. The summed E-state index contributed by atoms with van der Waals surface area (Å²) in [7, 11) is -3.88. The average Bonchev–Trinajstić information content (AvgIpc) is 3.13. The topological polar surface area (TPSA) is 81.4 Å². The maximum Gasteiger partial charge on any atom is 0.417 e. The third kappa shape index (κ3) is 2.03. The summed E-state index contributed by atoms with van der Waals surface area (Å²) < 4.78 is 66.1. The lowest BCUT2D eigenvalue weighted by molar-refractivity contribution is -0.137. The first-order valence-electron chi connectivity index (χ1n) is 8.33. The van der Waals surface area contributed by atoms with E-state index in [1.54, 1.807) is 6.92 Å². The van der Waals surface area contributed by atoms with Gasteiger partial charge in [0, 0.05) is 12.5 Å². The van der Waals surface area contributed by atoms with Crippen LogP contribution in [-0.4, -0.2) is 30.9 Å². The van der Waals surface area contributed by atoms with Gasteiger partial charge in [-0.15, -0.1) is 0 Å². The fraction of sp³-hybridized carbons (Fsp3) is 0.588. The summed E-state index contributed by atoms with van der Waals surface area (Å²) in [5.41, 5.74) is -1.77. The van der Waals surface area contributed by atoms with Crippen LogP contribution in [-0.2, 0) is 16.2 Å². The number of alkyl halides is 3. The van der Waals surface area contributed by atoms with Gasteiger partial charge in [-0.3, -0.25) is 4.31 Å². The van der Waals surface area contributed by atoms with Crippen LogP contribution in [0.15, 0.2) is 18.2 Å². The van der Waals surface area contributed by atoms with Crippen LogP contribution in [0.25, 0.3) is 0 Å². The molecule has 0 radical (unpaired) electrons. The Morgan fingerprint density at radius 2 is 2.04 bits per heavy atom. The molecule has 1 heterocycles. The van der Waals surface area contributed by atoms with Gasteiger partial charge in [-0.25, -0.2) is 8.42 Å². The molecular weight excluding hydrogens is 369 g/mol. The van der Waals surface area contributed by atoms with Gasteiger partial charge in [-0.05, 0) is 49.8 Å². The number of aliphatic hydroxyl groups excluding tert-OH is 1. The SMILES string of the molecule is C[C@@]12[C@H]3C[C@H]([C@H](O)C3)[C@@H]1CN(c1ccc(C#N)c(C(F)(F)F)c1)S2(=O)=O. The molecule has 3 aliphatic rings. The number of hydrogen-bond acceptors (Lipinski definition) is 4. The zero-order valence-corrected chi connectivity index (χ0v) is 14.7.